The smallest absolute Gasteiger partial charge is 0.200 e. The van der Waals surface area contributed by atoms with Gasteiger partial charge in [0.05, 0.1) is 6.15 Å². The van der Waals surface area contributed by atoms with Crippen LogP contribution in [0.5, 0.6) is 0 Å². The largest absolute Gasteiger partial charge is 0.212 e. The fourth-order valence-electron chi connectivity index (χ4n) is 8.18. The van der Waals surface area contributed by atoms with Gasteiger partial charge in [-0.05, 0) is 39.3 Å². The van der Waals surface area contributed by atoms with Crippen molar-refractivity contribution in [1.82, 2.24) is 0 Å². The van der Waals surface area contributed by atoms with Crippen LogP contribution in [0.2, 0.25) is 6.32 Å². The number of nitrogens with zero attached hydrogens (tertiary/aromatic N) is 1. The van der Waals surface area contributed by atoms with Crippen LogP contribution in [0.25, 0.3) is 10.9 Å². The fraction of sp³-hybridized carbons (Fsp3) is 0.460. The van der Waals surface area contributed by atoms with Crippen LogP contribution < -0.4 is 21.0 Å². The first-order valence-corrected chi connectivity index (χ1v) is 21.2. The monoisotopic (exact) mass is 696 g/mol. The van der Waals surface area contributed by atoms with Gasteiger partial charge in [0, 0.05) is 23.9 Å². The van der Waals surface area contributed by atoms with E-state index in [0.29, 0.717) is 0 Å². The van der Waals surface area contributed by atoms with E-state index in [0.717, 1.165) is 6.54 Å². The van der Waals surface area contributed by atoms with Gasteiger partial charge in [-0.15, -0.1) is 0 Å². The van der Waals surface area contributed by atoms with Gasteiger partial charge in [-0.3, -0.25) is 0 Å². The maximum absolute atomic E-state index is 2.39. The van der Waals surface area contributed by atoms with Crippen molar-refractivity contribution in [3.8, 4) is 0 Å². The summed E-state index contributed by atoms with van der Waals surface area (Å²) >= 11 is 0. The Morgan fingerprint density at radius 1 is 0.404 bits per heavy atom. The molecule has 0 aliphatic carbocycles. The Bertz CT molecular complexity index is 1550. The molecule has 0 N–H and O–H groups in total. The van der Waals surface area contributed by atoms with Gasteiger partial charge >= 0.3 is 0 Å². The number of unbranched alkanes of at least 4 members (excludes halogenated alkanes) is 14. The number of aromatic nitrogens is 1. The Labute approximate surface area is 319 Å². The molecule has 0 fully saturated rings. The van der Waals surface area contributed by atoms with Crippen molar-refractivity contribution >= 4 is 33.4 Å². The van der Waals surface area contributed by atoms with Crippen LogP contribution in [-0.4, -0.2) is 6.15 Å². The molecule has 0 spiro atoms. The second-order valence-corrected chi connectivity index (χ2v) is 15.8. The predicted octanol–water partition coefficient (Wildman–Crippen LogP) is 12.5. The van der Waals surface area contributed by atoms with Crippen LogP contribution in [0, 0.1) is 20.8 Å². The molecular formula is C50H70BN. The lowest BCUT2D eigenvalue weighted by Gasteiger charge is -2.43. The number of pyridine rings is 1. The normalized spacial score (nSPS) is 11.4. The van der Waals surface area contributed by atoms with Crippen LogP contribution in [0.3, 0.4) is 0 Å². The molecule has 1 aromatic heterocycles. The Morgan fingerprint density at radius 2 is 0.788 bits per heavy atom. The molecule has 2 heteroatoms. The average molecular weight is 696 g/mol. The molecule has 1 nitrogen and oxygen atoms in total. The van der Waals surface area contributed by atoms with Crippen molar-refractivity contribution in [2.45, 2.75) is 150 Å². The third-order valence-corrected chi connectivity index (χ3v) is 11.5. The zero-order chi connectivity index (χ0) is 36.9. The molecule has 0 radical (unpaired) electrons. The van der Waals surface area contributed by atoms with Crippen molar-refractivity contribution in [1.29, 1.82) is 0 Å². The first kappa shape index (κ1) is 41.1. The molecule has 278 valence electrons. The van der Waals surface area contributed by atoms with Crippen molar-refractivity contribution < 1.29 is 4.57 Å². The van der Waals surface area contributed by atoms with Gasteiger partial charge in [0.15, 0.2) is 6.20 Å². The summed E-state index contributed by atoms with van der Waals surface area (Å²) in [5, 5.41) is 1.34. The van der Waals surface area contributed by atoms with Gasteiger partial charge in [-0.25, -0.2) is 0 Å². The molecule has 0 bridgehead atoms. The van der Waals surface area contributed by atoms with E-state index in [1.807, 2.05) is 0 Å². The minimum absolute atomic E-state index is 0.993. The number of para-hydroxylation sites is 1. The van der Waals surface area contributed by atoms with Crippen LogP contribution >= 0.6 is 0 Å². The zero-order valence-electron chi connectivity index (χ0n) is 33.7. The number of rotatable bonds is 21. The van der Waals surface area contributed by atoms with Gasteiger partial charge in [0.1, 0.15) is 6.54 Å². The lowest BCUT2D eigenvalue weighted by molar-refractivity contribution is -0.671. The van der Waals surface area contributed by atoms with Gasteiger partial charge in [-0.1, -0.05) is 205 Å². The molecule has 4 aromatic carbocycles. The first-order chi connectivity index (χ1) is 25.5. The van der Waals surface area contributed by atoms with Gasteiger partial charge in [-0.2, -0.15) is 27.3 Å². The molecule has 0 unspecified atom stereocenters. The summed E-state index contributed by atoms with van der Waals surface area (Å²) in [6, 6.07) is 41.1. The number of hydrogen-bond donors (Lipinski definition) is 0. The first-order valence-electron chi connectivity index (χ1n) is 21.2. The van der Waals surface area contributed by atoms with Crippen LogP contribution in [0.15, 0.2) is 115 Å². The van der Waals surface area contributed by atoms with E-state index in [9.17, 15) is 0 Å². The quantitative estimate of drug-likeness (QED) is 0.0409. The van der Waals surface area contributed by atoms with Crippen molar-refractivity contribution in [2.75, 3.05) is 0 Å². The molecular weight excluding hydrogens is 625 g/mol. The summed E-state index contributed by atoms with van der Waals surface area (Å²) in [4.78, 5) is 0. The molecule has 0 aliphatic rings. The second-order valence-electron chi connectivity index (χ2n) is 15.8. The van der Waals surface area contributed by atoms with E-state index in [1.54, 1.807) is 0 Å². The molecule has 5 rings (SSSR count). The maximum Gasteiger partial charge on any atom is 0.212 e. The van der Waals surface area contributed by atoms with E-state index >= 15 is 0 Å². The molecule has 0 amide bonds. The Morgan fingerprint density at radius 3 is 1.25 bits per heavy atom. The highest BCUT2D eigenvalue weighted by Gasteiger charge is 2.29. The summed E-state index contributed by atoms with van der Waals surface area (Å²) in [5.41, 5.74) is 9.80. The van der Waals surface area contributed by atoms with Crippen molar-refractivity contribution in [2.24, 2.45) is 0 Å². The fourth-order valence-corrected chi connectivity index (χ4v) is 8.18. The highest BCUT2D eigenvalue weighted by Crippen LogP contribution is 2.20. The van der Waals surface area contributed by atoms with E-state index in [1.165, 1.54) is 153 Å². The van der Waals surface area contributed by atoms with Crippen molar-refractivity contribution in [3.63, 3.8) is 0 Å². The van der Waals surface area contributed by atoms with Crippen LogP contribution in [0.4, 0.5) is 0 Å². The standard InChI is InChI=1S/C33H46B.C17H24N/c1-5-6-7-8-9-10-11-12-13-14-27-34(31-21-15-28(2)16-22-31,32-23-17-29(3)18-24-32)33-25-19-30(4)20-26-33;1-2-3-4-5-6-9-14-18-15-10-12-16-11-7-8-13-17(16)18/h15-26H,5-14,27H2,1-4H3;7-8,10-13,15H,2-6,9,14H2,1H3/q-1;+1. The maximum atomic E-state index is 2.39. The highest BCUT2D eigenvalue weighted by atomic mass is 14.9. The topological polar surface area (TPSA) is 3.88 Å². The SMILES string of the molecule is CCCCCCCCCCCC[B-](c1ccc(C)cc1)(c1ccc(C)cc1)c1ccc(C)cc1.CCCCCCCC[n+]1cccc2ccccc21. The molecule has 0 atom stereocenters. The third kappa shape index (κ3) is 12.8. The molecule has 0 aliphatic heterocycles. The number of aryl methyl sites for hydroxylation is 4. The summed E-state index contributed by atoms with van der Waals surface area (Å²) in [5.74, 6) is 0. The van der Waals surface area contributed by atoms with E-state index < -0.39 is 6.15 Å². The van der Waals surface area contributed by atoms with Crippen LogP contribution in [-0.2, 0) is 6.54 Å². The minimum Gasteiger partial charge on any atom is -0.200 e. The van der Waals surface area contributed by atoms with E-state index in [-0.39, 0.29) is 0 Å². The molecule has 0 saturated carbocycles. The molecule has 52 heavy (non-hydrogen) atoms. The van der Waals surface area contributed by atoms with E-state index in [2.05, 4.69) is 155 Å². The van der Waals surface area contributed by atoms with Crippen molar-refractivity contribution in [3.05, 3.63) is 132 Å². The van der Waals surface area contributed by atoms with E-state index in [4.69, 9.17) is 0 Å². The highest BCUT2D eigenvalue weighted by molar-refractivity contribution is 7.11. The molecule has 1 heterocycles. The zero-order valence-corrected chi connectivity index (χ0v) is 33.7. The number of benzene rings is 4. The summed E-state index contributed by atoms with van der Waals surface area (Å²) < 4.78 is 2.38. The summed E-state index contributed by atoms with van der Waals surface area (Å²) in [6.07, 6.45) is 24.4. The lowest BCUT2D eigenvalue weighted by Crippen LogP contribution is -2.67. The minimum atomic E-state index is -0.993. The Hall–Kier alpha value is -3.65. The van der Waals surface area contributed by atoms with Gasteiger partial charge in [0.25, 0.3) is 0 Å². The lowest BCUT2D eigenvalue weighted by atomic mass is 9.14. The number of fused-ring (bicyclic) bond motifs is 1. The summed E-state index contributed by atoms with van der Waals surface area (Å²) in [6.45, 7) is 12.3. The average Bonchev–Trinajstić information content (AvgIpc) is 3.17. The number of hydrogen-bond acceptors (Lipinski definition) is 0. The third-order valence-electron chi connectivity index (χ3n) is 11.5. The predicted molar refractivity (Wildman–Crippen MR) is 232 cm³/mol. The van der Waals surface area contributed by atoms with Gasteiger partial charge in [0.2, 0.25) is 5.52 Å². The molecule has 5 aromatic rings. The Balaban J connectivity index is 0.000000281. The van der Waals surface area contributed by atoms with Gasteiger partial charge < -0.3 is 0 Å². The Kier molecular flexibility index (Phi) is 18.3. The second kappa shape index (κ2) is 23.1. The van der Waals surface area contributed by atoms with Crippen LogP contribution in [0.1, 0.15) is 133 Å². The summed E-state index contributed by atoms with van der Waals surface area (Å²) in [7, 11) is 0. The molecule has 0 saturated heterocycles.